The zero-order valence-electron chi connectivity index (χ0n) is 13.1. The van der Waals surface area contributed by atoms with Gasteiger partial charge in [0.05, 0.1) is 5.56 Å². The molecule has 1 atom stereocenters. The monoisotopic (exact) mass is 329 g/mol. The van der Waals surface area contributed by atoms with Crippen LogP contribution in [0.3, 0.4) is 0 Å². The molecule has 2 heterocycles. The smallest absolute Gasteiger partial charge is 0.255 e. The van der Waals surface area contributed by atoms with Gasteiger partial charge in [-0.25, -0.2) is 0 Å². The third kappa shape index (κ3) is 3.71. The molecule has 1 fully saturated rings. The highest BCUT2D eigenvalue weighted by Gasteiger charge is 2.26. The van der Waals surface area contributed by atoms with Gasteiger partial charge in [-0.2, -0.15) is 0 Å². The number of amides is 1. The second-order valence-electron chi connectivity index (χ2n) is 5.93. The van der Waals surface area contributed by atoms with E-state index in [0.29, 0.717) is 16.5 Å². The molecule has 5 heteroatoms. The second kappa shape index (κ2) is 7.11. The second-order valence-corrected chi connectivity index (χ2v) is 6.37. The van der Waals surface area contributed by atoms with Gasteiger partial charge in [0.25, 0.3) is 5.91 Å². The zero-order chi connectivity index (χ0) is 16.2. The van der Waals surface area contributed by atoms with Crippen molar-refractivity contribution in [2.75, 3.05) is 26.7 Å². The average molecular weight is 330 g/mol. The van der Waals surface area contributed by atoms with Crippen molar-refractivity contribution in [2.45, 2.75) is 6.42 Å². The molecule has 2 aromatic rings. The third-order valence-electron chi connectivity index (χ3n) is 4.23. The molecule has 0 spiro atoms. The van der Waals surface area contributed by atoms with E-state index in [9.17, 15) is 4.79 Å². The number of pyridine rings is 1. The van der Waals surface area contributed by atoms with Gasteiger partial charge in [0.2, 0.25) is 0 Å². The number of nitrogens with zero attached hydrogens (tertiary/aromatic N) is 2. The minimum Gasteiger partial charge on any atom is -0.338 e. The summed E-state index contributed by atoms with van der Waals surface area (Å²) in [6, 6.07) is 9.46. The van der Waals surface area contributed by atoms with Crippen LogP contribution in [0.15, 0.2) is 42.7 Å². The van der Waals surface area contributed by atoms with E-state index >= 15 is 0 Å². The van der Waals surface area contributed by atoms with Crippen LogP contribution in [-0.4, -0.2) is 42.5 Å². The van der Waals surface area contributed by atoms with Crippen LogP contribution >= 0.6 is 11.6 Å². The molecule has 1 saturated heterocycles. The maximum atomic E-state index is 12.7. The van der Waals surface area contributed by atoms with Gasteiger partial charge < -0.3 is 10.2 Å². The Kier molecular flexibility index (Phi) is 4.94. The van der Waals surface area contributed by atoms with Gasteiger partial charge in [-0.05, 0) is 49.7 Å². The number of carbonyl (C=O) groups is 1. The summed E-state index contributed by atoms with van der Waals surface area (Å²) in [6.07, 6.45) is 4.47. The lowest BCUT2D eigenvalue weighted by Gasteiger charge is -2.17. The Morgan fingerprint density at radius 2 is 2.09 bits per heavy atom. The summed E-state index contributed by atoms with van der Waals surface area (Å²) < 4.78 is 0. The zero-order valence-corrected chi connectivity index (χ0v) is 13.9. The Balaban J connectivity index is 1.77. The fraction of sp³-hybridized carbons (Fsp3) is 0.333. The molecule has 1 amide bonds. The van der Waals surface area contributed by atoms with Gasteiger partial charge in [-0.3, -0.25) is 9.78 Å². The first-order valence-electron chi connectivity index (χ1n) is 7.82. The predicted molar refractivity (Wildman–Crippen MR) is 92.6 cm³/mol. The SMILES string of the molecule is CNCC1CCN(C(=O)c2cncc(-c3ccc(Cl)cc3)c2)C1. The fourth-order valence-electron chi connectivity index (χ4n) is 3.01. The van der Waals surface area contributed by atoms with Gasteiger partial charge >= 0.3 is 0 Å². The Morgan fingerprint density at radius 3 is 2.83 bits per heavy atom. The largest absolute Gasteiger partial charge is 0.338 e. The quantitative estimate of drug-likeness (QED) is 0.937. The highest BCUT2D eigenvalue weighted by atomic mass is 35.5. The van der Waals surface area contributed by atoms with Crippen molar-refractivity contribution >= 4 is 17.5 Å². The summed E-state index contributed by atoms with van der Waals surface area (Å²) in [5, 5.41) is 3.88. The van der Waals surface area contributed by atoms with Crippen molar-refractivity contribution in [3.63, 3.8) is 0 Å². The van der Waals surface area contributed by atoms with E-state index in [0.717, 1.165) is 37.2 Å². The summed E-state index contributed by atoms with van der Waals surface area (Å²) in [7, 11) is 1.95. The Bertz CT molecular complexity index is 687. The van der Waals surface area contributed by atoms with E-state index in [1.165, 1.54) is 0 Å². The first kappa shape index (κ1) is 16.0. The van der Waals surface area contributed by atoms with Crippen LogP contribution in [0.25, 0.3) is 11.1 Å². The highest BCUT2D eigenvalue weighted by Crippen LogP contribution is 2.23. The first-order chi connectivity index (χ1) is 11.2. The lowest BCUT2D eigenvalue weighted by atomic mass is 10.1. The maximum absolute atomic E-state index is 12.7. The van der Waals surface area contributed by atoms with Crippen LogP contribution in [0.2, 0.25) is 5.02 Å². The number of halogens is 1. The summed E-state index contributed by atoms with van der Waals surface area (Å²) in [6.45, 7) is 2.58. The van der Waals surface area contributed by atoms with Crippen LogP contribution in [0.1, 0.15) is 16.8 Å². The van der Waals surface area contributed by atoms with E-state index in [1.54, 1.807) is 12.4 Å². The number of nitrogens with one attached hydrogen (secondary N) is 1. The number of likely N-dealkylation sites (tertiary alicyclic amines) is 1. The summed E-state index contributed by atoms with van der Waals surface area (Å²) in [5.74, 6) is 0.600. The van der Waals surface area contributed by atoms with E-state index in [1.807, 2.05) is 42.3 Å². The van der Waals surface area contributed by atoms with Gasteiger partial charge in [0.15, 0.2) is 0 Å². The van der Waals surface area contributed by atoms with Crippen molar-refractivity contribution in [2.24, 2.45) is 5.92 Å². The van der Waals surface area contributed by atoms with Crippen molar-refractivity contribution < 1.29 is 4.79 Å². The van der Waals surface area contributed by atoms with E-state index in [2.05, 4.69) is 10.3 Å². The Labute approximate surface area is 141 Å². The van der Waals surface area contributed by atoms with Gasteiger partial charge in [0.1, 0.15) is 0 Å². The van der Waals surface area contributed by atoms with Crippen molar-refractivity contribution in [3.05, 3.63) is 53.3 Å². The first-order valence-corrected chi connectivity index (χ1v) is 8.20. The Morgan fingerprint density at radius 1 is 1.30 bits per heavy atom. The fourth-order valence-corrected chi connectivity index (χ4v) is 3.14. The molecule has 23 heavy (non-hydrogen) atoms. The lowest BCUT2D eigenvalue weighted by Crippen LogP contribution is -2.30. The third-order valence-corrected chi connectivity index (χ3v) is 4.48. The molecule has 0 aliphatic carbocycles. The van der Waals surface area contributed by atoms with Crippen LogP contribution < -0.4 is 5.32 Å². The molecule has 120 valence electrons. The van der Waals surface area contributed by atoms with Crippen molar-refractivity contribution in [1.29, 1.82) is 0 Å². The van der Waals surface area contributed by atoms with Crippen LogP contribution in [0, 0.1) is 5.92 Å². The molecule has 1 unspecified atom stereocenters. The Hall–Kier alpha value is -1.91. The summed E-state index contributed by atoms with van der Waals surface area (Å²) in [5.41, 5.74) is 2.58. The lowest BCUT2D eigenvalue weighted by molar-refractivity contribution is 0.0787. The number of carbonyl (C=O) groups excluding carboxylic acids is 1. The van der Waals surface area contributed by atoms with Gasteiger partial charge in [0, 0.05) is 36.1 Å². The number of benzene rings is 1. The van der Waals surface area contributed by atoms with Crippen molar-refractivity contribution in [3.8, 4) is 11.1 Å². The number of hydrogen-bond donors (Lipinski definition) is 1. The van der Waals surface area contributed by atoms with Crippen LogP contribution in [-0.2, 0) is 0 Å². The predicted octanol–water partition coefficient (Wildman–Crippen LogP) is 3.08. The molecule has 1 N–H and O–H groups in total. The molecular weight excluding hydrogens is 310 g/mol. The highest BCUT2D eigenvalue weighted by molar-refractivity contribution is 6.30. The molecule has 0 bridgehead atoms. The standard InChI is InChI=1S/C18H20ClN3O/c1-20-9-13-6-7-22(12-13)18(23)16-8-15(10-21-11-16)14-2-4-17(19)5-3-14/h2-5,8,10-11,13,20H,6-7,9,12H2,1H3. The molecule has 0 saturated carbocycles. The molecule has 0 radical (unpaired) electrons. The van der Waals surface area contributed by atoms with Crippen LogP contribution in [0.4, 0.5) is 0 Å². The molecule has 1 aliphatic rings. The van der Waals surface area contributed by atoms with E-state index < -0.39 is 0 Å². The summed E-state index contributed by atoms with van der Waals surface area (Å²) in [4.78, 5) is 18.8. The minimum absolute atomic E-state index is 0.0620. The normalized spacial score (nSPS) is 17.5. The molecule has 1 aromatic carbocycles. The molecular formula is C18H20ClN3O. The van der Waals surface area contributed by atoms with Gasteiger partial charge in [-0.1, -0.05) is 23.7 Å². The van der Waals surface area contributed by atoms with E-state index in [4.69, 9.17) is 11.6 Å². The minimum atomic E-state index is 0.0620. The molecule has 1 aliphatic heterocycles. The molecule has 3 rings (SSSR count). The topological polar surface area (TPSA) is 45.2 Å². The number of rotatable bonds is 4. The van der Waals surface area contributed by atoms with E-state index in [-0.39, 0.29) is 5.91 Å². The number of aromatic nitrogens is 1. The maximum Gasteiger partial charge on any atom is 0.255 e. The molecule has 4 nitrogen and oxygen atoms in total. The molecule has 1 aromatic heterocycles. The van der Waals surface area contributed by atoms with Gasteiger partial charge in [-0.15, -0.1) is 0 Å². The van der Waals surface area contributed by atoms with Crippen LogP contribution in [0.5, 0.6) is 0 Å². The van der Waals surface area contributed by atoms with Crippen molar-refractivity contribution in [1.82, 2.24) is 15.2 Å². The summed E-state index contributed by atoms with van der Waals surface area (Å²) >= 11 is 5.92. The number of hydrogen-bond acceptors (Lipinski definition) is 3. The average Bonchev–Trinajstić information content (AvgIpc) is 3.04.